The van der Waals surface area contributed by atoms with Gasteiger partial charge in [0.2, 0.25) is 0 Å². The second-order valence-corrected chi connectivity index (χ2v) is 5.46. The number of oxime groups is 1. The summed E-state index contributed by atoms with van der Waals surface area (Å²) in [5.74, 6) is 0.247. The maximum atomic E-state index is 12.4. The second-order valence-electron chi connectivity index (χ2n) is 5.46. The molecule has 1 atom stereocenters. The van der Waals surface area contributed by atoms with Crippen LogP contribution in [0, 0.1) is 0 Å². The molecule has 27 heavy (non-hydrogen) atoms. The van der Waals surface area contributed by atoms with Crippen molar-refractivity contribution in [2.24, 2.45) is 5.16 Å². The van der Waals surface area contributed by atoms with Crippen LogP contribution in [-0.4, -0.2) is 32.4 Å². The van der Waals surface area contributed by atoms with Gasteiger partial charge in [0.05, 0.1) is 19.4 Å². The molecule has 0 saturated carbocycles. The number of halogens is 2. The van der Waals surface area contributed by atoms with E-state index in [1.54, 1.807) is 25.3 Å². The summed E-state index contributed by atoms with van der Waals surface area (Å²) in [5.41, 5.74) is 1.13. The van der Waals surface area contributed by atoms with Crippen molar-refractivity contribution < 1.29 is 27.9 Å². The third-order valence-corrected chi connectivity index (χ3v) is 3.58. The molecule has 0 aliphatic carbocycles. The predicted octanol–water partition coefficient (Wildman–Crippen LogP) is 3.52. The predicted molar refractivity (Wildman–Crippen MR) is 96.2 cm³/mol. The molecule has 0 bridgehead atoms. The summed E-state index contributed by atoms with van der Waals surface area (Å²) in [4.78, 5) is 16.9. The Kier molecular flexibility index (Phi) is 7.54. The lowest BCUT2D eigenvalue weighted by atomic mass is 10.1. The molecule has 0 spiro atoms. The van der Waals surface area contributed by atoms with Crippen molar-refractivity contribution in [3.05, 3.63) is 59.7 Å². The van der Waals surface area contributed by atoms with Crippen LogP contribution in [0.1, 0.15) is 24.1 Å². The van der Waals surface area contributed by atoms with E-state index in [9.17, 15) is 13.6 Å². The van der Waals surface area contributed by atoms with Gasteiger partial charge in [-0.05, 0) is 25.1 Å². The number of nitrogens with one attached hydrogen (secondary N) is 1. The number of hydrogen-bond donors (Lipinski definition) is 1. The van der Waals surface area contributed by atoms with Crippen molar-refractivity contribution in [2.45, 2.75) is 19.6 Å². The molecule has 2 rings (SSSR count). The molecule has 0 radical (unpaired) electrons. The lowest BCUT2D eigenvalue weighted by Gasteiger charge is -2.16. The molecule has 144 valence electrons. The van der Waals surface area contributed by atoms with E-state index < -0.39 is 6.61 Å². The molecule has 0 aliphatic heterocycles. The summed E-state index contributed by atoms with van der Waals surface area (Å²) in [5, 5.41) is 6.39. The van der Waals surface area contributed by atoms with Gasteiger partial charge >= 0.3 is 6.61 Å². The number of hydrogen-bond acceptors (Lipinski definition) is 5. The van der Waals surface area contributed by atoms with E-state index in [1.807, 2.05) is 25.1 Å². The van der Waals surface area contributed by atoms with Gasteiger partial charge in [-0.2, -0.15) is 8.78 Å². The van der Waals surface area contributed by atoms with Gasteiger partial charge in [-0.1, -0.05) is 35.5 Å². The second kappa shape index (κ2) is 10.1. The first-order valence-corrected chi connectivity index (χ1v) is 8.12. The quantitative estimate of drug-likeness (QED) is 0.535. The van der Waals surface area contributed by atoms with Gasteiger partial charge in [-0.25, -0.2) is 0 Å². The van der Waals surface area contributed by atoms with Crippen molar-refractivity contribution >= 4 is 12.1 Å². The summed E-state index contributed by atoms with van der Waals surface area (Å²) in [7, 11) is 1.56. The Labute approximate surface area is 155 Å². The Morgan fingerprint density at radius 2 is 1.81 bits per heavy atom. The fraction of sp³-hybridized carbons (Fsp3) is 0.263. The van der Waals surface area contributed by atoms with Crippen molar-refractivity contribution in [3.63, 3.8) is 0 Å². The third kappa shape index (κ3) is 6.25. The zero-order valence-corrected chi connectivity index (χ0v) is 14.9. The van der Waals surface area contributed by atoms with Gasteiger partial charge in [0, 0.05) is 11.1 Å². The van der Waals surface area contributed by atoms with E-state index >= 15 is 0 Å². The molecule has 2 aromatic carbocycles. The Hall–Kier alpha value is -3.16. The smallest absolute Gasteiger partial charge is 0.387 e. The normalized spacial score (nSPS) is 12.0. The molecule has 1 N–H and O–H groups in total. The topological polar surface area (TPSA) is 69.2 Å². The number of nitrogens with zero attached hydrogens (tertiary/aromatic N) is 1. The summed E-state index contributed by atoms with van der Waals surface area (Å²) >= 11 is 0. The van der Waals surface area contributed by atoms with Crippen LogP contribution in [0.15, 0.2) is 53.7 Å². The SMILES string of the molecule is COc1ccccc1C(C)NC(=O)CO/N=C/c1ccccc1OC(F)F. The van der Waals surface area contributed by atoms with Crippen LogP contribution in [0.3, 0.4) is 0 Å². The average molecular weight is 378 g/mol. The maximum absolute atomic E-state index is 12.4. The van der Waals surface area contributed by atoms with Gasteiger partial charge in [0.25, 0.3) is 5.91 Å². The van der Waals surface area contributed by atoms with Crippen molar-refractivity contribution in [1.29, 1.82) is 0 Å². The lowest BCUT2D eigenvalue weighted by Crippen LogP contribution is -2.29. The number of methoxy groups -OCH3 is 1. The van der Waals surface area contributed by atoms with E-state index in [1.165, 1.54) is 18.3 Å². The van der Waals surface area contributed by atoms with Crippen LogP contribution in [0.5, 0.6) is 11.5 Å². The number of carbonyl (C=O) groups excluding carboxylic acids is 1. The fourth-order valence-corrected chi connectivity index (χ4v) is 2.37. The molecular formula is C19H20F2N2O4. The highest BCUT2D eigenvalue weighted by molar-refractivity contribution is 5.83. The van der Waals surface area contributed by atoms with Crippen LogP contribution in [-0.2, 0) is 9.63 Å². The van der Waals surface area contributed by atoms with Crippen LogP contribution < -0.4 is 14.8 Å². The molecule has 6 nitrogen and oxygen atoms in total. The van der Waals surface area contributed by atoms with E-state index in [0.717, 1.165) is 5.56 Å². The number of amides is 1. The number of rotatable bonds is 9. The maximum Gasteiger partial charge on any atom is 0.387 e. The average Bonchev–Trinajstić information content (AvgIpc) is 2.65. The molecule has 0 aromatic heterocycles. The molecule has 8 heteroatoms. The fourth-order valence-electron chi connectivity index (χ4n) is 2.37. The van der Waals surface area contributed by atoms with Gasteiger partial charge in [0.15, 0.2) is 6.61 Å². The zero-order chi connectivity index (χ0) is 19.6. The highest BCUT2D eigenvalue weighted by Gasteiger charge is 2.13. The van der Waals surface area contributed by atoms with Gasteiger partial charge in [-0.15, -0.1) is 0 Å². The summed E-state index contributed by atoms with van der Waals surface area (Å²) in [6, 6.07) is 13.2. The van der Waals surface area contributed by atoms with Crippen LogP contribution in [0.2, 0.25) is 0 Å². The Balaban J connectivity index is 1.87. The Morgan fingerprint density at radius 3 is 2.52 bits per heavy atom. The number of alkyl halides is 2. The molecule has 0 fully saturated rings. The van der Waals surface area contributed by atoms with E-state index in [4.69, 9.17) is 9.57 Å². The molecule has 0 aliphatic rings. The number of carbonyl (C=O) groups is 1. The van der Waals surface area contributed by atoms with Crippen molar-refractivity contribution in [2.75, 3.05) is 13.7 Å². The minimum Gasteiger partial charge on any atom is -0.496 e. The van der Waals surface area contributed by atoms with E-state index in [2.05, 4.69) is 15.2 Å². The largest absolute Gasteiger partial charge is 0.496 e. The van der Waals surface area contributed by atoms with Gasteiger partial charge < -0.3 is 19.6 Å². The molecule has 0 saturated heterocycles. The number of para-hydroxylation sites is 2. The summed E-state index contributed by atoms with van der Waals surface area (Å²) in [6.07, 6.45) is 1.20. The molecule has 2 aromatic rings. The Bertz CT molecular complexity index is 784. The molecule has 0 heterocycles. The van der Waals surface area contributed by atoms with Crippen molar-refractivity contribution in [3.8, 4) is 11.5 Å². The molecule has 1 unspecified atom stereocenters. The lowest BCUT2D eigenvalue weighted by molar-refractivity contribution is -0.126. The van der Waals surface area contributed by atoms with E-state index in [-0.39, 0.29) is 24.3 Å². The minimum atomic E-state index is -2.94. The van der Waals surface area contributed by atoms with Crippen LogP contribution in [0.4, 0.5) is 8.78 Å². The van der Waals surface area contributed by atoms with Crippen molar-refractivity contribution in [1.82, 2.24) is 5.32 Å². The number of ether oxygens (including phenoxy) is 2. The zero-order valence-electron chi connectivity index (χ0n) is 14.9. The van der Waals surface area contributed by atoms with Crippen LogP contribution >= 0.6 is 0 Å². The first-order valence-electron chi connectivity index (χ1n) is 8.12. The van der Waals surface area contributed by atoms with E-state index in [0.29, 0.717) is 11.3 Å². The highest BCUT2D eigenvalue weighted by atomic mass is 19.3. The Morgan fingerprint density at radius 1 is 1.15 bits per heavy atom. The summed E-state index contributed by atoms with van der Waals surface area (Å²) < 4.78 is 34.3. The molecule has 1 amide bonds. The standard InChI is InChI=1S/C19H20F2N2O4/c1-13(15-8-4-6-10-17(15)25-2)23-18(24)12-26-22-11-14-7-3-5-9-16(14)27-19(20)21/h3-11,13,19H,12H2,1-2H3,(H,23,24)/b22-11+. The monoisotopic (exact) mass is 378 g/mol. The van der Waals surface area contributed by atoms with Gasteiger partial charge in [0.1, 0.15) is 11.5 Å². The van der Waals surface area contributed by atoms with Gasteiger partial charge in [-0.3, -0.25) is 4.79 Å². The first kappa shape index (κ1) is 20.2. The first-order chi connectivity index (χ1) is 13.0. The highest BCUT2D eigenvalue weighted by Crippen LogP contribution is 2.24. The molecular weight excluding hydrogens is 358 g/mol. The van der Waals surface area contributed by atoms with Crippen LogP contribution in [0.25, 0.3) is 0 Å². The minimum absolute atomic E-state index is 0.0332. The third-order valence-electron chi connectivity index (χ3n) is 3.58. The summed E-state index contributed by atoms with van der Waals surface area (Å²) in [6.45, 7) is -1.45. The number of benzene rings is 2.